The third-order valence-electron chi connectivity index (χ3n) is 5.40. The Balaban J connectivity index is 1.67. The summed E-state index contributed by atoms with van der Waals surface area (Å²) in [5, 5.41) is 11.8. The molecule has 5 rings (SSSR count). The Hall–Kier alpha value is -3.06. The molecule has 0 spiro atoms. The van der Waals surface area contributed by atoms with E-state index in [1.165, 1.54) is 0 Å². The minimum absolute atomic E-state index is 0.0323. The van der Waals surface area contributed by atoms with Gasteiger partial charge in [-0.2, -0.15) is 0 Å². The van der Waals surface area contributed by atoms with Crippen molar-refractivity contribution in [2.24, 2.45) is 0 Å². The minimum atomic E-state index is -0.273. The Morgan fingerprint density at radius 3 is 2.74 bits per heavy atom. The average Bonchev–Trinajstić information content (AvgIpc) is 3.03. The van der Waals surface area contributed by atoms with E-state index in [0.29, 0.717) is 29.8 Å². The lowest BCUT2D eigenvalue weighted by Gasteiger charge is -2.25. The fourth-order valence-electron chi connectivity index (χ4n) is 4.00. The normalized spacial score (nSPS) is 20.3. The second-order valence-electron chi connectivity index (χ2n) is 7.10. The van der Waals surface area contributed by atoms with Crippen LogP contribution in [0.1, 0.15) is 31.7 Å². The molecular formula is C20H19N5O2. The number of hydrogen-bond donors (Lipinski definition) is 2. The molecule has 0 amide bonds. The number of aliphatic hydroxyl groups excluding tert-OH is 1. The summed E-state index contributed by atoms with van der Waals surface area (Å²) in [6.45, 7) is 0. The van der Waals surface area contributed by atoms with Gasteiger partial charge in [0.05, 0.1) is 18.0 Å². The van der Waals surface area contributed by atoms with Crippen LogP contribution in [0.3, 0.4) is 0 Å². The molecule has 0 atom stereocenters. The van der Waals surface area contributed by atoms with Gasteiger partial charge in [0.25, 0.3) is 0 Å². The average molecular weight is 361 g/mol. The van der Waals surface area contributed by atoms with Crippen LogP contribution in [0.25, 0.3) is 33.3 Å². The summed E-state index contributed by atoms with van der Waals surface area (Å²) in [5.74, 6) is 0. The first-order valence-electron chi connectivity index (χ1n) is 9.19. The zero-order chi connectivity index (χ0) is 18.4. The lowest BCUT2D eigenvalue weighted by atomic mass is 9.93. The maximum atomic E-state index is 12.5. The number of imidazole rings is 1. The first-order valence-corrected chi connectivity index (χ1v) is 9.19. The van der Waals surface area contributed by atoms with Crippen molar-refractivity contribution in [2.75, 3.05) is 0 Å². The van der Waals surface area contributed by atoms with Crippen LogP contribution < -0.4 is 5.69 Å². The topological polar surface area (TPSA) is 96.7 Å². The van der Waals surface area contributed by atoms with Crippen LogP contribution in [-0.2, 0) is 0 Å². The summed E-state index contributed by atoms with van der Waals surface area (Å²) in [6, 6.07) is 8.04. The van der Waals surface area contributed by atoms with Gasteiger partial charge in [-0.25, -0.2) is 14.8 Å². The highest BCUT2D eigenvalue weighted by Gasteiger charge is 2.25. The molecule has 1 fully saturated rings. The molecule has 0 bridgehead atoms. The van der Waals surface area contributed by atoms with Crippen molar-refractivity contribution in [2.45, 2.75) is 37.8 Å². The first kappa shape index (κ1) is 16.1. The van der Waals surface area contributed by atoms with Gasteiger partial charge in [-0.3, -0.25) is 14.5 Å². The molecule has 136 valence electrons. The summed E-state index contributed by atoms with van der Waals surface area (Å²) in [4.78, 5) is 28.9. The van der Waals surface area contributed by atoms with Crippen LogP contribution in [0.2, 0.25) is 0 Å². The Labute approximate surface area is 154 Å². The number of hydrogen-bond acceptors (Lipinski definition) is 5. The van der Waals surface area contributed by atoms with Crippen LogP contribution >= 0.6 is 0 Å². The van der Waals surface area contributed by atoms with Gasteiger partial charge in [0.2, 0.25) is 0 Å². The van der Waals surface area contributed by atoms with E-state index in [0.717, 1.165) is 29.2 Å². The van der Waals surface area contributed by atoms with Gasteiger partial charge in [-0.1, -0.05) is 24.3 Å². The van der Waals surface area contributed by atoms with E-state index in [1.54, 1.807) is 17.0 Å². The van der Waals surface area contributed by atoms with E-state index in [-0.39, 0.29) is 17.8 Å². The van der Waals surface area contributed by atoms with Crippen LogP contribution in [0.15, 0.2) is 47.7 Å². The molecule has 0 saturated heterocycles. The van der Waals surface area contributed by atoms with Crippen molar-refractivity contribution in [3.05, 3.63) is 53.3 Å². The van der Waals surface area contributed by atoms with Gasteiger partial charge in [0.1, 0.15) is 0 Å². The molecule has 0 aliphatic heterocycles. The predicted molar refractivity (Wildman–Crippen MR) is 102 cm³/mol. The molecule has 0 radical (unpaired) electrons. The fraction of sp³-hybridized carbons (Fsp3) is 0.300. The number of nitrogens with one attached hydrogen (secondary N) is 1. The molecule has 4 aromatic rings. The highest BCUT2D eigenvalue weighted by Crippen LogP contribution is 2.30. The van der Waals surface area contributed by atoms with E-state index in [2.05, 4.69) is 15.0 Å². The van der Waals surface area contributed by atoms with E-state index < -0.39 is 0 Å². The number of rotatable bonds is 2. The summed E-state index contributed by atoms with van der Waals surface area (Å²) in [6.07, 6.45) is 7.93. The molecule has 0 unspecified atom stereocenters. The molecule has 7 heteroatoms. The molecule has 27 heavy (non-hydrogen) atoms. The number of aromatic amines is 1. The van der Waals surface area contributed by atoms with Crippen molar-refractivity contribution >= 4 is 22.1 Å². The molecule has 3 aromatic heterocycles. The molecule has 1 aromatic carbocycles. The van der Waals surface area contributed by atoms with Gasteiger partial charge < -0.3 is 5.11 Å². The maximum absolute atomic E-state index is 12.5. The van der Waals surface area contributed by atoms with Gasteiger partial charge in [0, 0.05) is 29.4 Å². The number of pyridine rings is 1. The van der Waals surface area contributed by atoms with Crippen molar-refractivity contribution in [1.82, 2.24) is 24.5 Å². The number of nitrogens with zero attached hydrogens (tertiary/aromatic N) is 4. The van der Waals surface area contributed by atoms with Crippen LogP contribution in [0.5, 0.6) is 0 Å². The summed E-state index contributed by atoms with van der Waals surface area (Å²) < 4.78 is 1.70. The fourth-order valence-corrected chi connectivity index (χ4v) is 4.00. The number of benzene rings is 1. The largest absolute Gasteiger partial charge is 0.393 e. The third kappa shape index (κ3) is 2.71. The minimum Gasteiger partial charge on any atom is -0.393 e. The van der Waals surface area contributed by atoms with Crippen molar-refractivity contribution in [3.8, 4) is 11.3 Å². The number of aromatic nitrogens is 5. The van der Waals surface area contributed by atoms with Crippen LogP contribution in [0, 0.1) is 0 Å². The number of fused-ring (bicyclic) bond motifs is 2. The van der Waals surface area contributed by atoms with Gasteiger partial charge >= 0.3 is 5.69 Å². The maximum Gasteiger partial charge on any atom is 0.329 e. The van der Waals surface area contributed by atoms with Crippen LogP contribution in [-0.4, -0.2) is 35.7 Å². The summed E-state index contributed by atoms with van der Waals surface area (Å²) in [7, 11) is 0. The second-order valence-corrected chi connectivity index (χ2v) is 7.10. The van der Waals surface area contributed by atoms with Crippen molar-refractivity contribution in [1.29, 1.82) is 0 Å². The zero-order valence-electron chi connectivity index (χ0n) is 14.7. The smallest absolute Gasteiger partial charge is 0.329 e. The Bertz CT molecular complexity index is 1180. The highest BCUT2D eigenvalue weighted by atomic mass is 16.3. The lowest BCUT2D eigenvalue weighted by Crippen LogP contribution is -2.27. The van der Waals surface area contributed by atoms with Crippen molar-refractivity contribution < 1.29 is 5.11 Å². The molecule has 2 N–H and O–H groups in total. The quantitative estimate of drug-likeness (QED) is 0.572. The van der Waals surface area contributed by atoms with E-state index >= 15 is 0 Å². The SMILES string of the molecule is O=c1[nH]c2ncc(-c3cncc4ccccc34)nc2n1C1CCC(O)CC1. The number of aliphatic hydroxyl groups is 1. The monoisotopic (exact) mass is 361 g/mol. The van der Waals surface area contributed by atoms with Crippen LogP contribution in [0.4, 0.5) is 0 Å². The summed E-state index contributed by atoms with van der Waals surface area (Å²) >= 11 is 0. The first-order chi connectivity index (χ1) is 13.2. The Morgan fingerprint density at radius 1 is 1.07 bits per heavy atom. The molecule has 7 nitrogen and oxygen atoms in total. The molecular weight excluding hydrogens is 342 g/mol. The van der Waals surface area contributed by atoms with Gasteiger partial charge in [0.15, 0.2) is 11.3 Å². The molecule has 3 heterocycles. The summed E-state index contributed by atoms with van der Waals surface area (Å²) in [5.41, 5.74) is 2.44. The third-order valence-corrected chi connectivity index (χ3v) is 5.40. The number of H-pyrrole nitrogens is 1. The van der Waals surface area contributed by atoms with Gasteiger partial charge in [-0.05, 0) is 31.1 Å². The predicted octanol–water partition coefficient (Wildman–Crippen LogP) is 2.81. The van der Waals surface area contributed by atoms with Crippen molar-refractivity contribution in [3.63, 3.8) is 0 Å². The molecule has 1 saturated carbocycles. The highest BCUT2D eigenvalue weighted by molar-refractivity contribution is 5.95. The standard InChI is InChI=1S/C20H19N5O2/c26-14-7-5-13(6-8-14)25-19-18(24-20(25)27)22-11-17(23-19)16-10-21-9-12-3-1-2-4-15(12)16/h1-4,9-11,13-14,26H,5-8H2,(H,22,24,27). The Kier molecular flexibility index (Phi) is 3.75. The zero-order valence-corrected chi connectivity index (χ0v) is 14.7. The lowest BCUT2D eigenvalue weighted by molar-refractivity contribution is 0.111. The van der Waals surface area contributed by atoms with E-state index in [4.69, 9.17) is 4.98 Å². The van der Waals surface area contributed by atoms with E-state index in [9.17, 15) is 9.90 Å². The second kappa shape index (κ2) is 6.28. The molecule has 1 aliphatic carbocycles. The molecule has 1 aliphatic rings. The van der Waals surface area contributed by atoms with E-state index in [1.807, 2.05) is 30.5 Å². The van der Waals surface area contributed by atoms with Gasteiger partial charge in [-0.15, -0.1) is 0 Å². The Morgan fingerprint density at radius 2 is 1.89 bits per heavy atom.